The van der Waals surface area contributed by atoms with Gasteiger partial charge < -0.3 is 33.7 Å². The van der Waals surface area contributed by atoms with Gasteiger partial charge in [-0.15, -0.1) is 11.3 Å². The zero-order chi connectivity index (χ0) is 25.8. The van der Waals surface area contributed by atoms with Crippen molar-refractivity contribution in [1.82, 2.24) is 0 Å². The van der Waals surface area contributed by atoms with Crippen LogP contribution in [0.5, 0.6) is 28.7 Å². The molecule has 0 unspecified atom stereocenters. The predicted molar refractivity (Wildman–Crippen MR) is 134 cm³/mol. The Morgan fingerprint density at radius 3 is 2.33 bits per heavy atom. The zero-order valence-electron chi connectivity index (χ0n) is 20.7. The summed E-state index contributed by atoms with van der Waals surface area (Å²) in [5.74, 6) is 1.52. The van der Waals surface area contributed by atoms with Crippen LogP contribution in [0.2, 0.25) is 0 Å². The fourth-order valence-electron chi connectivity index (χ4n) is 3.89. The molecule has 0 atom stereocenters. The van der Waals surface area contributed by atoms with Crippen LogP contribution in [-0.4, -0.2) is 46.6 Å². The molecule has 36 heavy (non-hydrogen) atoms. The van der Waals surface area contributed by atoms with E-state index in [2.05, 4.69) is 5.32 Å². The molecule has 4 rings (SSSR count). The van der Waals surface area contributed by atoms with Gasteiger partial charge >= 0.3 is 5.97 Å². The number of anilines is 1. The third-order valence-corrected chi connectivity index (χ3v) is 6.89. The molecule has 9 nitrogen and oxygen atoms in total. The molecule has 0 spiro atoms. The number of thiophene rings is 1. The largest absolute Gasteiger partial charge is 0.493 e. The molecule has 10 heteroatoms. The molecule has 1 amide bonds. The van der Waals surface area contributed by atoms with E-state index in [0.717, 1.165) is 16.0 Å². The van der Waals surface area contributed by atoms with Crippen LogP contribution in [-0.2, 0) is 11.2 Å². The summed E-state index contributed by atoms with van der Waals surface area (Å²) >= 11 is 1.33. The fraction of sp³-hybridized carbons (Fsp3) is 0.308. The lowest BCUT2D eigenvalue weighted by Gasteiger charge is -2.14. The summed E-state index contributed by atoms with van der Waals surface area (Å²) in [5, 5.41) is 3.28. The van der Waals surface area contributed by atoms with Gasteiger partial charge in [0.25, 0.3) is 5.91 Å². The Labute approximate surface area is 212 Å². The minimum atomic E-state index is -0.497. The minimum Gasteiger partial charge on any atom is -0.493 e. The molecule has 0 saturated carbocycles. The number of methoxy groups -OCH3 is 3. The van der Waals surface area contributed by atoms with Crippen molar-refractivity contribution in [2.24, 2.45) is 0 Å². The number of nitrogens with one attached hydrogen (secondary N) is 1. The SMILES string of the molecule is CCOC(=O)c1c(NC(=O)c2cc(OC)c(OC)c(OC)c2)sc(Cc2ccc3c(c2)OCO3)c1C. The van der Waals surface area contributed by atoms with Gasteiger partial charge in [-0.2, -0.15) is 0 Å². The van der Waals surface area contributed by atoms with Crippen molar-refractivity contribution in [3.05, 3.63) is 57.5 Å². The van der Waals surface area contributed by atoms with Gasteiger partial charge in [0.2, 0.25) is 12.5 Å². The average molecular weight is 514 g/mol. The number of ether oxygens (including phenoxy) is 6. The first kappa shape index (κ1) is 25.2. The molecule has 0 fully saturated rings. The van der Waals surface area contributed by atoms with E-state index < -0.39 is 11.9 Å². The Bertz CT molecular complexity index is 1270. The van der Waals surface area contributed by atoms with Crippen LogP contribution in [0.4, 0.5) is 5.00 Å². The quantitative estimate of drug-likeness (QED) is 0.406. The van der Waals surface area contributed by atoms with E-state index in [1.807, 2.05) is 25.1 Å². The topological polar surface area (TPSA) is 102 Å². The molecular formula is C26H27NO8S. The molecule has 0 radical (unpaired) electrons. The van der Waals surface area contributed by atoms with E-state index in [-0.39, 0.29) is 19.0 Å². The summed E-state index contributed by atoms with van der Waals surface area (Å²) < 4.78 is 32.2. The van der Waals surface area contributed by atoms with Crippen molar-refractivity contribution in [2.45, 2.75) is 20.3 Å². The number of hydrogen-bond acceptors (Lipinski definition) is 9. The zero-order valence-corrected chi connectivity index (χ0v) is 21.5. The second-order valence-corrected chi connectivity index (χ2v) is 8.91. The van der Waals surface area contributed by atoms with Crippen molar-refractivity contribution in [1.29, 1.82) is 0 Å². The van der Waals surface area contributed by atoms with E-state index >= 15 is 0 Å². The number of benzene rings is 2. The highest BCUT2D eigenvalue weighted by atomic mass is 32.1. The van der Waals surface area contributed by atoms with Crippen LogP contribution < -0.4 is 29.0 Å². The van der Waals surface area contributed by atoms with E-state index in [4.69, 9.17) is 28.4 Å². The summed E-state index contributed by atoms with van der Waals surface area (Å²) in [6.07, 6.45) is 0.541. The summed E-state index contributed by atoms with van der Waals surface area (Å²) in [7, 11) is 4.44. The Hall–Kier alpha value is -3.92. The number of rotatable bonds is 9. The molecule has 1 aliphatic rings. The number of hydrogen-bond donors (Lipinski definition) is 1. The molecule has 1 N–H and O–H groups in total. The van der Waals surface area contributed by atoms with E-state index in [1.165, 1.54) is 32.7 Å². The van der Waals surface area contributed by atoms with E-state index in [9.17, 15) is 9.59 Å². The monoisotopic (exact) mass is 513 g/mol. The van der Waals surface area contributed by atoms with Crippen molar-refractivity contribution >= 4 is 28.2 Å². The maximum atomic E-state index is 13.3. The van der Waals surface area contributed by atoms with Crippen LogP contribution >= 0.6 is 11.3 Å². The molecule has 190 valence electrons. The molecule has 1 aromatic heterocycles. The lowest BCUT2D eigenvalue weighted by molar-refractivity contribution is 0.0527. The maximum absolute atomic E-state index is 13.3. The summed E-state index contributed by atoms with van der Waals surface area (Å²) in [4.78, 5) is 27.0. The van der Waals surface area contributed by atoms with Crippen molar-refractivity contribution in [2.75, 3.05) is 40.0 Å². The number of fused-ring (bicyclic) bond motifs is 1. The average Bonchev–Trinajstić information content (AvgIpc) is 3.46. The molecule has 2 aromatic carbocycles. The first-order valence-electron chi connectivity index (χ1n) is 11.2. The Morgan fingerprint density at radius 2 is 1.69 bits per heavy atom. The fourth-order valence-corrected chi connectivity index (χ4v) is 5.11. The third-order valence-electron chi connectivity index (χ3n) is 5.68. The second kappa shape index (κ2) is 10.8. The third kappa shape index (κ3) is 4.90. The van der Waals surface area contributed by atoms with Crippen LogP contribution in [0.25, 0.3) is 0 Å². The lowest BCUT2D eigenvalue weighted by atomic mass is 10.1. The molecule has 0 bridgehead atoms. The number of carbonyl (C=O) groups excluding carboxylic acids is 2. The second-order valence-electron chi connectivity index (χ2n) is 7.81. The van der Waals surface area contributed by atoms with Gasteiger partial charge in [-0.1, -0.05) is 6.07 Å². The molecule has 0 aliphatic carbocycles. The van der Waals surface area contributed by atoms with Crippen LogP contribution in [0.15, 0.2) is 30.3 Å². The Morgan fingerprint density at radius 1 is 1.00 bits per heavy atom. The smallest absolute Gasteiger partial charge is 0.341 e. The van der Waals surface area contributed by atoms with Gasteiger partial charge in [0.1, 0.15) is 5.00 Å². The van der Waals surface area contributed by atoms with Crippen LogP contribution in [0.3, 0.4) is 0 Å². The number of esters is 1. The van der Waals surface area contributed by atoms with Crippen LogP contribution in [0, 0.1) is 6.92 Å². The van der Waals surface area contributed by atoms with Gasteiger partial charge in [-0.3, -0.25) is 4.79 Å². The number of carbonyl (C=O) groups is 2. The Kier molecular flexibility index (Phi) is 7.54. The minimum absolute atomic E-state index is 0.195. The van der Waals surface area contributed by atoms with Gasteiger partial charge in [0, 0.05) is 16.9 Å². The van der Waals surface area contributed by atoms with Gasteiger partial charge in [0.05, 0.1) is 33.5 Å². The van der Waals surface area contributed by atoms with Gasteiger partial charge in [-0.05, 0) is 49.2 Å². The summed E-state index contributed by atoms with van der Waals surface area (Å²) in [6.45, 7) is 3.99. The molecule has 3 aromatic rings. The number of amides is 1. The standard InChI is InChI=1S/C26H27NO8S/c1-6-33-26(29)22-14(2)21(10-15-7-8-17-18(9-15)35-13-34-17)36-25(22)27-24(28)16-11-19(30-3)23(32-5)20(12-16)31-4/h7-9,11-12H,6,10,13H2,1-5H3,(H,27,28). The summed E-state index contributed by atoms with van der Waals surface area (Å²) in [6, 6.07) is 8.83. The lowest BCUT2D eigenvalue weighted by Crippen LogP contribution is -2.15. The molecular weight excluding hydrogens is 486 g/mol. The molecule has 1 aliphatic heterocycles. The van der Waals surface area contributed by atoms with Gasteiger partial charge in [-0.25, -0.2) is 4.79 Å². The summed E-state index contributed by atoms with van der Waals surface area (Å²) in [5.41, 5.74) is 2.35. The normalized spacial score (nSPS) is 11.7. The maximum Gasteiger partial charge on any atom is 0.341 e. The van der Waals surface area contributed by atoms with Crippen molar-refractivity contribution in [3.8, 4) is 28.7 Å². The van der Waals surface area contributed by atoms with Crippen molar-refractivity contribution < 1.29 is 38.0 Å². The highest BCUT2D eigenvalue weighted by molar-refractivity contribution is 7.17. The first-order chi connectivity index (χ1) is 17.4. The van der Waals surface area contributed by atoms with Crippen molar-refractivity contribution in [3.63, 3.8) is 0 Å². The highest BCUT2D eigenvalue weighted by Gasteiger charge is 2.25. The molecule has 2 heterocycles. The molecule has 0 saturated heterocycles. The predicted octanol–water partition coefficient (Wildman–Crippen LogP) is 4.83. The van der Waals surface area contributed by atoms with Crippen LogP contribution in [0.1, 0.15) is 43.6 Å². The van der Waals surface area contributed by atoms with Gasteiger partial charge in [0.15, 0.2) is 23.0 Å². The first-order valence-corrected chi connectivity index (χ1v) is 12.0. The Balaban J connectivity index is 1.67. The van der Waals surface area contributed by atoms with E-state index in [1.54, 1.807) is 19.1 Å². The highest BCUT2D eigenvalue weighted by Crippen LogP contribution is 2.40. The van der Waals surface area contributed by atoms with E-state index in [0.29, 0.717) is 45.7 Å².